The highest BCUT2D eigenvalue weighted by molar-refractivity contribution is 6.05. The van der Waals surface area contributed by atoms with Crippen LogP contribution in [0.2, 0.25) is 0 Å². The van der Waals surface area contributed by atoms with E-state index in [2.05, 4.69) is 6.58 Å². The summed E-state index contributed by atoms with van der Waals surface area (Å²) in [6.07, 6.45) is 0. The van der Waals surface area contributed by atoms with Gasteiger partial charge in [-0.2, -0.15) is 0 Å². The molecule has 0 atom stereocenters. The number of ether oxygens (including phenoxy) is 1. The van der Waals surface area contributed by atoms with Gasteiger partial charge in [0.05, 0.1) is 11.1 Å². The minimum absolute atomic E-state index is 0.0366. The second-order valence-electron chi connectivity index (χ2n) is 3.98. The van der Waals surface area contributed by atoms with Gasteiger partial charge in [0.25, 0.3) is 0 Å². The molecule has 0 heterocycles. The molecule has 0 aliphatic carbocycles. The molecule has 21 heavy (non-hydrogen) atoms. The van der Waals surface area contributed by atoms with Crippen LogP contribution in [0, 0.1) is 0 Å². The van der Waals surface area contributed by atoms with Crippen LogP contribution in [-0.2, 0) is 4.79 Å². The first-order chi connectivity index (χ1) is 9.65. The van der Waals surface area contributed by atoms with Gasteiger partial charge in [-0.3, -0.25) is 0 Å². The molecule has 110 valence electrons. The smallest absolute Gasteiger partial charge is 0.339 e. The lowest BCUT2D eigenvalue weighted by Crippen LogP contribution is -2.15. The van der Waals surface area contributed by atoms with E-state index in [1.807, 2.05) is 0 Å². The summed E-state index contributed by atoms with van der Waals surface area (Å²) >= 11 is 0. The Balaban J connectivity index is 3.54. The Morgan fingerprint density at radius 1 is 0.905 bits per heavy atom. The van der Waals surface area contributed by atoms with Crippen molar-refractivity contribution in [1.29, 1.82) is 0 Å². The molecule has 1 aromatic carbocycles. The topological polar surface area (TPSA) is 138 Å². The van der Waals surface area contributed by atoms with Crippen LogP contribution in [0.25, 0.3) is 0 Å². The molecular formula is C13H10O8. The Morgan fingerprint density at radius 2 is 1.33 bits per heavy atom. The van der Waals surface area contributed by atoms with E-state index in [1.54, 1.807) is 0 Å². The molecule has 0 saturated heterocycles. The zero-order chi connectivity index (χ0) is 16.3. The second-order valence-corrected chi connectivity index (χ2v) is 3.98. The van der Waals surface area contributed by atoms with E-state index in [0.29, 0.717) is 12.1 Å². The predicted octanol–water partition coefficient (Wildman–Crippen LogP) is 1.26. The van der Waals surface area contributed by atoms with Crippen LogP contribution in [0.4, 0.5) is 0 Å². The summed E-state index contributed by atoms with van der Waals surface area (Å²) in [4.78, 5) is 44.5. The molecule has 0 unspecified atom stereocenters. The zero-order valence-electron chi connectivity index (χ0n) is 10.7. The number of hydrogen-bond acceptors (Lipinski definition) is 5. The molecule has 1 aromatic rings. The number of carbonyl (C=O) groups is 4. The van der Waals surface area contributed by atoms with E-state index in [9.17, 15) is 19.2 Å². The molecule has 0 bridgehead atoms. The van der Waals surface area contributed by atoms with E-state index < -0.39 is 46.3 Å². The van der Waals surface area contributed by atoms with Crippen molar-refractivity contribution in [1.82, 2.24) is 0 Å². The van der Waals surface area contributed by atoms with Gasteiger partial charge in [0.15, 0.2) is 0 Å². The average molecular weight is 294 g/mol. The number of hydrogen-bond donors (Lipinski definition) is 3. The van der Waals surface area contributed by atoms with Crippen molar-refractivity contribution in [2.75, 3.05) is 0 Å². The SMILES string of the molecule is C=C(C)C(=O)Oc1cc(C(=O)O)c(C(=O)O)cc1C(=O)O. The monoisotopic (exact) mass is 294 g/mol. The van der Waals surface area contributed by atoms with Gasteiger partial charge in [-0.25, -0.2) is 19.2 Å². The summed E-state index contributed by atoms with van der Waals surface area (Å²) in [7, 11) is 0. The minimum atomic E-state index is -1.62. The number of carboxylic acid groups (broad SMARTS) is 3. The van der Waals surface area contributed by atoms with Gasteiger partial charge < -0.3 is 20.1 Å². The van der Waals surface area contributed by atoms with Gasteiger partial charge in [0, 0.05) is 5.57 Å². The number of carbonyl (C=O) groups excluding carboxylic acids is 1. The normalized spacial score (nSPS) is 9.76. The molecule has 0 aliphatic rings. The van der Waals surface area contributed by atoms with Crippen LogP contribution in [0.5, 0.6) is 5.75 Å². The van der Waals surface area contributed by atoms with Gasteiger partial charge >= 0.3 is 23.9 Å². The van der Waals surface area contributed by atoms with Gasteiger partial charge in [0.2, 0.25) is 0 Å². The molecule has 3 N–H and O–H groups in total. The number of benzene rings is 1. The van der Waals surface area contributed by atoms with Crippen molar-refractivity contribution < 1.29 is 39.2 Å². The lowest BCUT2D eigenvalue weighted by Gasteiger charge is -2.10. The minimum Gasteiger partial charge on any atom is -0.478 e. The summed E-state index contributed by atoms with van der Waals surface area (Å²) in [5, 5.41) is 26.8. The summed E-state index contributed by atoms with van der Waals surface area (Å²) in [6, 6.07) is 1.30. The first-order valence-electron chi connectivity index (χ1n) is 5.40. The van der Waals surface area contributed by atoms with Crippen molar-refractivity contribution >= 4 is 23.9 Å². The fourth-order valence-electron chi connectivity index (χ4n) is 1.37. The van der Waals surface area contributed by atoms with Crippen molar-refractivity contribution in [3.63, 3.8) is 0 Å². The second kappa shape index (κ2) is 5.87. The molecule has 0 amide bonds. The number of aromatic carboxylic acids is 3. The van der Waals surface area contributed by atoms with E-state index in [1.165, 1.54) is 6.92 Å². The Kier molecular flexibility index (Phi) is 4.44. The number of rotatable bonds is 5. The Bertz CT molecular complexity index is 671. The maximum absolute atomic E-state index is 11.4. The summed E-state index contributed by atoms with van der Waals surface area (Å²) < 4.78 is 4.72. The van der Waals surface area contributed by atoms with Crippen LogP contribution in [0.1, 0.15) is 38.0 Å². The molecule has 0 spiro atoms. The summed E-state index contributed by atoms with van der Waals surface area (Å²) in [5.41, 5.74) is -2.11. The third kappa shape index (κ3) is 3.44. The highest BCUT2D eigenvalue weighted by Crippen LogP contribution is 2.25. The highest BCUT2D eigenvalue weighted by atomic mass is 16.5. The van der Waals surface area contributed by atoms with Crippen LogP contribution in [0.15, 0.2) is 24.3 Å². The molecule has 1 rings (SSSR count). The van der Waals surface area contributed by atoms with Gasteiger partial charge in [-0.15, -0.1) is 0 Å². The van der Waals surface area contributed by atoms with Crippen molar-refractivity contribution in [3.05, 3.63) is 41.0 Å². The van der Waals surface area contributed by atoms with Gasteiger partial charge in [0.1, 0.15) is 11.3 Å². The molecular weight excluding hydrogens is 284 g/mol. The van der Waals surface area contributed by atoms with Crippen LogP contribution in [-0.4, -0.2) is 39.2 Å². The van der Waals surface area contributed by atoms with Crippen molar-refractivity contribution in [3.8, 4) is 5.75 Å². The first-order valence-corrected chi connectivity index (χ1v) is 5.40. The predicted molar refractivity (Wildman–Crippen MR) is 67.8 cm³/mol. The van der Waals surface area contributed by atoms with E-state index in [-0.39, 0.29) is 5.57 Å². The van der Waals surface area contributed by atoms with E-state index >= 15 is 0 Å². The Morgan fingerprint density at radius 3 is 1.71 bits per heavy atom. The maximum Gasteiger partial charge on any atom is 0.339 e. The molecule has 8 heteroatoms. The van der Waals surface area contributed by atoms with Crippen molar-refractivity contribution in [2.45, 2.75) is 6.92 Å². The van der Waals surface area contributed by atoms with E-state index in [0.717, 1.165) is 0 Å². The van der Waals surface area contributed by atoms with Crippen LogP contribution < -0.4 is 4.74 Å². The molecule has 0 fully saturated rings. The average Bonchev–Trinajstić information content (AvgIpc) is 2.37. The van der Waals surface area contributed by atoms with Gasteiger partial charge in [-0.1, -0.05) is 6.58 Å². The lowest BCUT2D eigenvalue weighted by atomic mass is 10.0. The summed E-state index contributed by atoms with van der Waals surface area (Å²) in [6.45, 7) is 4.61. The standard InChI is InChI=1S/C13H10O8/c1-5(2)13(20)21-9-4-7(11(16)17)6(10(14)15)3-8(9)12(18)19/h3-4H,1H2,2H3,(H,14,15)(H,16,17)(H,18,19). The quantitative estimate of drug-likeness (QED) is 0.419. The third-order valence-electron chi connectivity index (χ3n) is 2.36. The lowest BCUT2D eigenvalue weighted by molar-refractivity contribution is -0.130. The van der Waals surface area contributed by atoms with E-state index in [4.69, 9.17) is 20.1 Å². The fourth-order valence-corrected chi connectivity index (χ4v) is 1.37. The maximum atomic E-state index is 11.4. The largest absolute Gasteiger partial charge is 0.478 e. The van der Waals surface area contributed by atoms with Crippen LogP contribution >= 0.6 is 0 Å². The number of carboxylic acids is 3. The molecule has 8 nitrogen and oxygen atoms in total. The number of esters is 1. The van der Waals surface area contributed by atoms with Crippen molar-refractivity contribution in [2.24, 2.45) is 0 Å². The summed E-state index contributed by atoms with van der Waals surface area (Å²) in [5.74, 6) is -6.32. The third-order valence-corrected chi connectivity index (χ3v) is 2.36. The molecule has 0 aliphatic heterocycles. The highest BCUT2D eigenvalue weighted by Gasteiger charge is 2.24. The first kappa shape index (κ1) is 15.9. The Hall–Kier alpha value is -3.16. The van der Waals surface area contributed by atoms with Gasteiger partial charge in [-0.05, 0) is 19.1 Å². The molecule has 0 aromatic heterocycles. The van der Waals surface area contributed by atoms with Crippen LogP contribution in [0.3, 0.4) is 0 Å². The fraction of sp³-hybridized carbons (Fsp3) is 0.0769. The molecule has 0 saturated carbocycles. The zero-order valence-corrected chi connectivity index (χ0v) is 10.7. The molecule has 0 radical (unpaired) electrons. The Labute approximate surface area is 117 Å².